The van der Waals surface area contributed by atoms with E-state index in [2.05, 4.69) is 36.8 Å². The molecule has 2 aromatic heterocycles. The number of thioether (sulfide) groups is 1. The zero-order chi connectivity index (χ0) is 21.0. The summed E-state index contributed by atoms with van der Waals surface area (Å²) in [7, 11) is 0. The van der Waals surface area contributed by atoms with E-state index < -0.39 is 0 Å². The number of nitrogens with zero attached hydrogens (tertiary/aromatic N) is 6. The minimum absolute atomic E-state index is 0.0677. The van der Waals surface area contributed by atoms with Crippen molar-refractivity contribution in [3.05, 3.63) is 30.6 Å². The summed E-state index contributed by atoms with van der Waals surface area (Å²) in [6.07, 6.45) is 12.0. The number of fused-ring (bicyclic) bond motifs is 1. The molecule has 31 heavy (non-hydrogen) atoms. The molecule has 0 atom stereocenters. The quantitative estimate of drug-likeness (QED) is 0.582. The maximum atomic E-state index is 12.7. The molecule has 162 valence electrons. The monoisotopic (exact) mass is 437 g/mol. The number of pyridine rings is 1. The Balaban J connectivity index is 1.29. The largest absolute Gasteiger partial charge is 0.371 e. The lowest BCUT2D eigenvalue weighted by molar-refractivity contribution is -0.113. The lowest BCUT2D eigenvalue weighted by atomic mass is 10.1. The van der Waals surface area contributed by atoms with Crippen molar-refractivity contribution in [1.29, 1.82) is 0 Å². The van der Waals surface area contributed by atoms with Gasteiger partial charge in [0.2, 0.25) is 11.1 Å². The van der Waals surface area contributed by atoms with Crippen LogP contribution in [0.5, 0.6) is 0 Å². The highest BCUT2D eigenvalue weighted by Gasteiger charge is 2.22. The van der Waals surface area contributed by atoms with E-state index in [1.807, 2.05) is 29.2 Å². The van der Waals surface area contributed by atoms with E-state index in [1.54, 1.807) is 0 Å². The number of rotatable bonds is 6. The molecule has 1 N–H and O–H groups in total. The number of nitrogens with one attached hydrogen (secondary N) is 1. The second-order valence-corrected chi connectivity index (χ2v) is 9.22. The number of tetrazole rings is 1. The molecule has 0 bridgehead atoms. The van der Waals surface area contributed by atoms with Gasteiger partial charge in [-0.2, -0.15) is 0 Å². The standard InChI is InChI=1S/C22H27N7OS/c30-21(15-31-22-25-26-27-29(22)16-6-2-3-7-16)24-19-8-9-20(28-12-4-1-5-13-28)17-10-11-23-14-18(17)19/h8-11,14,16H,1-7,12-13,15H2,(H,24,30). The Labute approximate surface area is 185 Å². The number of amides is 1. The molecule has 3 aromatic rings. The summed E-state index contributed by atoms with van der Waals surface area (Å²) >= 11 is 1.39. The van der Waals surface area contributed by atoms with Crippen LogP contribution in [-0.4, -0.2) is 49.9 Å². The fourth-order valence-electron chi connectivity index (χ4n) is 4.67. The van der Waals surface area contributed by atoms with Gasteiger partial charge in [-0.25, -0.2) is 4.68 Å². The first-order valence-electron chi connectivity index (χ1n) is 11.1. The smallest absolute Gasteiger partial charge is 0.234 e. The molecular formula is C22H27N7OS. The topological polar surface area (TPSA) is 88.8 Å². The van der Waals surface area contributed by atoms with Crippen LogP contribution < -0.4 is 10.2 Å². The summed E-state index contributed by atoms with van der Waals surface area (Å²) in [6.45, 7) is 2.16. The van der Waals surface area contributed by atoms with Crippen LogP contribution in [0.25, 0.3) is 10.8 Å². The lowest BCUT2D eigenvalue weighted by Gasteiger charge is -2.30. The number of carbonyl (C=O) groups excluding carboxylic acids is 1. The molecule has 2 fully saturated rings. The fourth-order valence-corrected chi connectivity index (χ4v) is 5.41. The molecule has 3 heterocycles. The third-order valence-corrected chi connectivity index (χ3v) is 7.16. The number of piperidine rings is 1. The van der Waals surface area contributed by atoms with Gasteiger partial charge in [0.05, 0.1) is 17.5 Å². The first-order valence-corrected chi connectivity index (χ1v) is 12.1. The zero-order valence-electron chi connectivity index (χ0n) is 17.5. The van der Waals surface area contributed by atoms with Gasteiger partial charge in [-0.05, 0) is 60.7 Å². The van der Waals surface area contributed by atoms with E-state index >= 15 is 0 Å². The van der Waals surface area contributed by atoms with E-state index in [0.717, 1.165) is 42.4 Å². The first kappa shape index (κ1) is 20.2. The second kappa shape index (κ2) is 9.21. The Morgan fingerprint density at radius 2 is 1.90 bits per heavy atom. The van der Waals surface area contributed by atoms with Crippen LogP contribution in [0.15, 0.2) is 35.7 Å². The molecule has 1 aromatic carbocycles. The van der Waals surface area contributed by atoms with Gasteiger partial charge in [-0.15, -0.1) is 5.10 Å². The van der Waals surface area contributed by atoms with Gasteiger partial charge in [-0.1, -0.05) is 24.6 Å². The summed E-state index contributed by atoms with van der Waals surface area (Å²) < 4.78 is 1.89. The molecule has 8 nitrogen and oxygen atoms in total. The van der Waals surface area contributed by atoms with E-state index in [9.17, 15) is 4.79 Å². The van der Waals surface area contributed by atoms with Gasteiger partial charge in [0.15, 0.2) is 0 Å². The van der Waals surface area contributed by atoms with Crippen molar-refractivity contribution in [1.82, 2.24) is 25.2 Å². The Bertz CT molecular complexity index is 1060. The van der Waals surface area contributed by atoms with Gasteiger partial charge in [0.1, 0.15) is 0 Å². The molecule has 1 saturated carbocycles. The van der Waals surface area contributed by atoms with Crippen molar-refractivity contribution < 1.29 is 4.79 Å². The number of benzene rings is 1. The Hall–Kier alpha value is -2.68. The summed E-state index contributed by atoms with van der Waals surface area (Å²) in [5, 5.41) is 18.0. The van der Waals surface area contributed by atoms with Crippen molar-refractivity contribution >= 4 is 39.8 Å². The van der Waals surface area contributed by atoms with Crippen LogP contribution in [-0.2, 0) is 4.79 Å². The highest BCUT2D eigenvalue weighted by molar-refractivity contribution is 7.99. The molecule has 1 amide bonds. The van der Waals surface area contributed by atoms with Gasteiger partial charge >= 0.3 is 0 Å². The van der Waals surface area contributed by atoms with Crippen molar-refractivity contribution in [2.24, 2.45) is 0 Å². The third-order valence-electron chi connectivity index (χ3n) is 6.23. The van der Waals surface area contributed by atoms with Gasteiger partial charge in [0.25, 0.3) is 0 Å². The van der Waals surface area contributed by atoms with Crippen molar-refractivity contribution in [2.45, 2.75) is 56.1 Å². The van der Waals surface area contributed by atoms with Crippen molar-refractivity contribution in [3.8, 4) is 0 Å². The van der Waals surface area contributed by atoms with Crippen molar-refractivity contribution in [2.75, 3.05) is 29.1 Å². The summed E-state index contributed by atoms with van der Waals surface area (Å²) in [6, 6.07) is 6.52. The minimum atomic E-state index is -0.0677. The molecule has 2 aliphatic rings. The average Bonchev–Trinajstić information content (AvgIpc) is 3.50. The SMILES string of the molecule is O=C(CSc1nnnn1C1CCCC1)Nc1ccc(N2CCCCC2)c2ccncc12. The molecule has 1 aliphatic heterocycles. The average molecular weight is 438 g/mol. The maximum absolute atomic E-state index is 12.7. The molecule has 0 radical (unpaired) electrons. The third kappa shape index (κ3) is 4.37. The summed E-state index contributed by atoms with van der Waals surface area (Å²) in [4.78, 5) is 19.5. The molecule has 0 spiro atoms. The normalized spacial score (nSPS) is 17.4. The number of anilines is 2. The van der Waals surface area contributed by atoms with E-state index in [4.69, 9.17) is 0 Å². The van der Waals surface area contributed by atoms with E-state index in [0.29, 0.717) is 11.2 Å². The molecule has 0 unspecified atom stereocenters. The van der Waals surface area contributed by atoms with Crippen molar-refractivity contribution in [3.63, 3.8) is 0 Å². The highest BCUT2D eigenvalue weighted by atomic mass is 32.2. The summed E-state index contributed by atoms with van der Waals surface area (Å²) in [5.74, 6) is 0.199. The molecular weight excluding hydrogens is 410 g/mol. The molecule has 1 saturated heterocycles. The molecule has 1 aliphatic carbocycles. The van der Waals surface area contributed by atoms with Crippen LogP contribution in [0, 0.1) is 0 Å². The van der Waals surface area contributed by atoms with Gasteiger partial charge < -0.3 is 10.2 Å². The first-order chi connectivity index (χ1) is 15.3. The maximum Gasteiger partial charge on any atom is 0.234 e. The highest BCUT2D eigenvalue weighted by Crippen LogP contribution is 2.34. The Morgan fingerprint density at radius 3 is 2.74 bits per heavy atom. The predicted octanol–water partition coefficient (Wildman–Crippen LogP) is 4.06. The Morgan fingerprint density at radius 1 is 1.06 bits per heavy atom. The van der Waals surface area contributed by atoms with Crippen LogP contribution in [0.2, 0.25) is 0 Å². The molecule has 5 rings (SSSR count). The second-order valence-electron chi connectivity index (χ2n) is 8.28. The lowest BCUT2D eigenvalue weighted by Crippen LogP contribution is -2.29. The van der Waals surface area contributed by atoms with Gasteiger partial charge in [0, 0.05) is 41.9 Å². The number of aromatic nitrogens is 5. The van der Waals surface area contributed by atoms with Crippen LogP contribution in [0.3, 0.4) is 0 Å². The number of carbonyl (C=O) groups is 1. The zero-order valence-corrected chi connectivity index (χ0v) is 18.4. The van der Waals surface area contributed by atoms with E-state index in [1.165, 1.54) is 49.6 Å². The summed E-state index contributed by atoms with van der Waals surface area (Å²) in [5.41, 5.74) is 2.02. The Kier molecular flexibility index (Phi) is 6.01. The van der Waals surface area contributed by atoms with Gasteiger partial charge in [-0.3, -0.25) is 9.78 Å². The fraction of sp³-hybridized carbons (Fsp3) is 0.500. The number of hydrogen-bond acceptors (Lipinski definition) is 7. The van der Waals surface area contributed by atoms with Crippen LogP contribution >= 0.6 is 11.8 Å². The van der Waals surface area contributed by atoms with E-state index in [-0.39, 0.29) is 11.7 Å². The minimum Gasteiger partial charge on any atom is -0.371 e. The van der Waals surface area contributed by atoms with Crippen LogP contribution in [0.1, 0.15) is 51.0 Å². The van der Waals surface area contributed by atoms with Crippen LogP contribution in [0.4, 0.5) is 11.4 Å². The number of hydrogen-bond donors (Lipinski definition) is 1. The predicted molar refractivity (Wildman–Crippen MR) is 122 cm³/mol. The molecule has 9 heteroatoms.